The van der Waals surface area contributed by atoms with E-state index in [2.05, 4.69) is 6.92 Å². The van der Waals surface area contributed by atoms with E-state index in [1.54, 1.807) is 14.0 Å². The summed E-state index contributed by atoms with van der Waals surface area (Å²) in [6, 6.07) is 0. The summed E-state index contributed by atoms with van der Waals surface area (Å²) in [5, 5.41) is 10.9. The minimum absolute atomic E-state index is 0.382. The molecule has 0 radical (unpaired) electrons. The van der Waals surface area contributed by atoms with E-state index in [-0.39, 0.29) is 0 Å². The van der Waals surface area contributed by atoms with Crippen LogP contribution in [0.5, 0.6) is 0 Å². The number of hydrogen-bond donors (Lipinski definition) is 1. The van der Waals surface area contributed by atoms with Crippen LogP contribution in [0.25, 0.3) is 0 Å². The van der Waals surface area contributed by atoms with E-state index in [1.807, 2.05) is 0 Å². The van der Waals surface area contributed by atoms with Crippen molar-refractivity contribution in [1.29, 1.82) is 0 Å². The maximum atomic E-state index is 11.8. The van der Waals surface area contributed by atoms with Crippen LogP contribution in [0.15, 0.2) is 0 Å². The van der Waals surface area contributed by atoms with Gasteiger partial charge in [0.1, 0.15) is 5.78 Å². The Balaban J connectivity index is 1.48. The molecule has 0 amide bonds. The Morgan fingerprint density at radius 1 is 1.04 bits per heavy atom. The van der Waals surface area contributed by atoms with E-state index < -0.39 is 5.60 Å². The molecule has 0 heterocycles. The van der Waals surface area contributed by atoms with E-state index in [1.165, 1.54) is 44.9 Å². The minimum Gasteiger partial charge on any atom is -0.387 e. The second kappa shape index (κ2) is 6.88. The van der Waals surface area contributed by atoms with Gasteiger partial charge in [-0.1, -0.05) is 6.92 Å². The van der Waals surface area contributed by atoms with E-state index in [4.69, 9.17) is 4.74 Å². The number of hydrogen-bond acceptors (Lipinski definition) is 3. The normalized spacial score (nSPS) is 50.6. The highest BCUT2D eigenvalue weighted by molar-refractivity contribution is 5.75. The standard InChI is InChI=1S/C23H38O3/c1-15(24)12-17-5-7-21-20-6-4-16-13-23(25,14-26-3)11-9-18(16)19(20)8-10-22(17,21)2/h16-21,25H,4-14H2,1-3H3. The Morgan fingerprint density at radius 2 is 1.81 bits per heavy atom. The minimum atomic E-state index is -0.578. The zero-order valence-electron chi connectivity index (χ0n) is 17.0. The molecule has 4 saturated carbocycles. The Kier molecular flexibility index (Phi) is 5.01. The van der Waals surface area contributed by atoms with Gasteiger partial charge in [-0.15, -0.1) is 0 Å². The molecule has 4 rings (SSSR count). The first-order valence-electron chi connectivity index (χ1n) is 11.1. The summed E-state index contributed by atoms with van der Waals surface area (Å²) in [5.41, 5.74) is -0.170. The fourth-order valence-corrected chi connectivity index (χ4v) is 8.15. The molecule has 0 aromatic carbocycles. The number of ether oxygens (including phenoxy) is 1. The Hall–Kier alpha value is -0.410. The lowest BCUT2D eigenvalue weighted by Crippen LogP contribution is -2.51. The number of rotatable bonds is 4. The van der Waals surface area contributed by atoms with Gasteiger partial charge in [0.15, 0.2) is 0 Å². The second-order valence-corrected chi connectivity index (χ2v) is 10.6. The van der Waals surface area contributed by atoms with Crippen LogP contribution < -0.4 is 0 Å². The molecule has 4 fully saturated rings. The molecule has 0 bridgehead atoms. The summed E-state index contributed by atoms with van der Waals surface area (Å²) in [7, 11) is 1.71. The van der Waals surface area contributed by atoms with Crippen LogP contribution in [0.3, 0.4) is 0 Å². The van der Waals surface area contributed by atoms with Crippen LogP contribution in [0.4, 0.5) is 0 Å². The average Bonchev–Trinajstić information content (AvgIpc) is 2.90. The quantitative estimate of drug-likeness (QED) is 0.794. The van der Waals surface area contributed by atoms with E-state index in [0.29, 0.717) is 29.6 Å². The molecular weight excluding hydrogens is 324 g/mol. The summed E-state index contributed by atoms with van der Waals surface area (Å²) in [4.78, 5) is 11.8. The molecule has 0 aliphatic heterocycles. The lowest BCUT2D eigenvalue weighted by Gasteiger charge is -2.57. The zero-order valence-corrected chi connectivity index (χ0v) is 17.0. The summed E-state index contributed by atoms with van der Waals surface area (Å²) in [6.45, 7) is 4.78. The topological polar surface area (TPSA) is 46.5 Å². The van der Waals surface area contributed by atoms with Gasteiger partial charge in [-0.3, -0.25) is 0 Å². The Labute approximate surface area is 159 Å². The third-order valence-corrected chi connectivity index (χ3v) is 9.25. The summed E-state index contributed by atoms with van der Waals surface area (Å²) >= 11 is 0. The first-order chi connectivity index (χ1) is 12.4. The molecule has 0 aromatic heterocycles. The predicted molar refractivity (Wildman–Crippen MR) is 103 cm³/mol. The molecule has 8 atom stereocenters. The largest absolute Gasteiger partial charge is 0.387 e. The average molecular weight is 363 g/mol. The highest BCUT2D eigenvalue weighted by Gasteiger charge is 2.57. The van der Waals surface area contributed by atoms with Crippen molar-refractivity contribution in [2.24, 2.45) is 40.9 Å². The van der Waals surface area contributed by atoms with Gasteiger partial charge >= 0.3 is 0 Å². The third-order valence-electron chi connectivity index (χ3n) is 9.25. The first-order valence-corrected chi connectivity index (χ1v) is 11.1. The summed E-state index contributed by atoms with van der Waals surface area (Å²) in [5.74, 6) is 5.11. The molecule has 148 valence electrons. The summed E-state index contributed by atoms with van der Waals surface area (Å²) in [6.07, 6.45) is 11.8. The molecule has 0 spiro atoms. The molecule has 3 heteroatoms. The lowest BCUT2D eigenvalue weighted by molar-refractivity contribution is -0.127. The predicted octanol–water partition coefficient (Wildman–Crippen LogP) is 4.61. The van der Waals surface area contributed by atoms with Gasteiger partial charge in [-0.2, -0.15) is 0 Å². The van der Waals surface area contributed by atoms with Gasteiger partial charge in [-0.25, -0.2) is 0 Å². The van der Waals surface area contributed by atoms with Crippen molar-refractivity contribution >= 4 is 5.78 Å². The van der Waals surface area contributed by atoms with Crippen molar-refractivity contribution in [1.82, 2.24) is 0 Å². The highest BCUT2D eigenvalue weighted by atomic mass is 16.5. The van der Waals surface area contributed by atoms with Gasteiger partial charge in [0.05, 0.1) is 12.2 Å². The van der Waals surface area contributed by atoms with Gasteiger partial charge in [0.25, 0.3) is 0 Å². The SMILES string of the molecule is COCC1(O)CCC2C(CCC3C2CCC2(C)C(CC(C)=O)CCC32)C1. The van der Waals surface area contributed by atoms with Crippen molar-refractivity contribution in [2.75, 3.05) is 13.7 Å². The molecule has 0 aromatic rings. The summed E-state index contributed by atoms with van der Waals surface area (Å²) < 4.78 is 5.31. The van der Waals surface area contributed by atoms with Gasteiger partial charge in [0, 0.05) is 13.5 Å². The third kappa shape index (κ3) is 3.07. The van der Waals surface area contributed by atoms with Crippen molar-refractivity contribution in [3.05, 3.63) is 0 Å². The second-order valence-electron chi connectivity index (χ2n) is 10.6. The molecule has 3 nitrogen and oxygen atoms in total. The van der Waals surface area contributed by atoms with Gasteiger partial charge in [0.2, 0.25) is 0 Å². The van der Waals surface area contributed by atoms with E-state index in [0.717, 1.165) is 42.9 Å². The monoisotopic (exact) mass is 362 g/mol. The number of ketones is 1. The van der Waals surface area contributed by atoms with Crippen LogP contribution in [-0.4, -0.2) is 30.2 Å². The molecule has 8 unspecified atom stereocenters. The number of carbonyl (C=O) groups excluding carboxylic acids is 1. The number of methoxy groups -OCH3 is 1. The van der Waals surface area contributed by atoms with Crippen molar-refractivity contribution in [3.63, 3.8) is 0 Å². The Morgan fingerprint density at radius 3 is 2.54 bits per heavy atom. The van der Waals surface area contributed by atoms with Crippen molar-refractivity contribution in [2.45, 2.75) is 83.7 Å². The zero-order chi connectivity index (χ0) is 18.5. The molecule has 0 saturated heterocycles. The van der Waals surface area contributed by atoms with Gasteiger partial charge < -0.3 is 14.6 Å². The molecule has 26 heavy (non-hydrogen) atoms. The Bertz CT molecular complexity index is 546. The van der Waals surface area contributed by atoms with Crippen LogP contribution in [0.1, 0.15) is 78.1 Å². The number of Topliss-reactive ketones (excluding diaryl/α,β-unsaturated/α-hetero) is 1. The highest BCUT2D eigenvalue weighted by Crippen LogP contribution is 2.65. The fourth-order valence-electron chi connectivity index (χ4n) is 8.15. The molecule has 4 aliphatic rings. The van der Waals surface area contributed by atoms with E-state index >= 15 is 0 Å². The lowest BCUT2D eigenvalue weighted by atomic mass is 9.49. The van der Waals surface area contributed by atoms with Crippen LogP contribution >= 0.6 is 0 Å². The molecule has 1 N–H and O–H groups in total. The number of fused-ring (bicyclic) bond motifs is 5. The van der Waals surface area contributed by atoms with Crippen LogP contribution in [-0.2, 0) is 9.53 Å². The fraction of sp³-hybridized carbons (Fsp3) is 0.957. The maximum Gasteiger partial charge on any atom is 0.130 e. The van der Waals surface area contributed by atoms with Crippen molar-refractivity contribution in [3.8, 4) is 0 Å². The van der Waals surface area contributed by atoms with Crippen LogP contribution in [0, 0.1) is 40.9 Å². The van der Waals surface area contributed by atoms with Gasteiger partial charge in [-0.05, 0) is 106 Å². The van der Waals surface area contributed by atoms with Crippen molar-refractivity contribution < 1.29 is 14.6 Å². The maximum absolute atomic E-state index is 11.8. The first kappa shape index (κ1) is 18.9. The number of aliphatic hydroxyl groups is 1. The van der Waals surface area contributed by atoms with Crippen LogP contribution in [0.2, 0.25) is 0 Å². The van der Waals surface area contributed by atoms with E-state index in [9.17, 15) is 9.90 Å². The molecular formula is C23H38O3. The number of carbonyl (C=O) groups is 1. The smallest absolute Gasteiger partial charge is 0.130 e. The molecule has 4 aliphatic carbocycles.